The standard InChI is InChI=1S/C16H26N2O/c1-4-19-15-9-5-7-13(11-15)16-14(12-17-2)8-6-10-18(16)3/h5,7,9,11,14,16-17H,4,6,8,10,12H2,1-3H3. The quantitative estimate of drug-likeness (QED) is 0.883. The molecule has 1 fully saturated rings. The fraction of sp³-hybridized carbons (Fsp3) is 0.625. The predicted octanol–water partition coefficient (Wildman–Crippen LogP) is 2.69. The summed E-state index contributed by atoms with van der Waals surface area (Å²) < 4.78 is 5.63. The number of nitrogens with one attached hydrogen (secondary N) is 1. The van der Waals surface area contributed by atoms with Crippen LogP contribution < -0.4 is 10.1 Å². The van der Waals surface area contributed by atoms with Crippen molar-refractivity contribution in [2.45, 2.75) is 25.8 Å². The van der Waals surface area contributed by atoms with Gasteiger partial charge < -0.3 is 10.1 Å². The van der Waals surface area contributed by atoms with Crippen LogP contribution >= 0.6 is 0 Å². The number of piperidine rings is 1. The van der Waals surface area contributed by atoms with E-state index in [1.807, 2.05) is 20.0 Å². The Hall–Kier alpha value is -1.06. The van der Waals surface area contributed by atoms with Crippen LogP contribution in [0.2, 0.25) is 0 Å². The second-order valence-corrected chi connectivity index (χ2v) is 5.39. The molecule has 0 amide bonds. The second kappa shape index (κ2) is 6.92. The number of benzene rings is 1. The average molecular weight is 262 g/mol. The highest BCUT2D eigenvalue weighted by Gasteiger charge is 2.30. The number of rotatable bonds is 5. The Kier molecular flexibility index (Phi) is 5.23. The molecule has 3 nitrogen and oxygen atoms in total. The first-order valence-electron chi connectivity index (χ1n) is 7.33. The molecule has 1 aliphatic rings. The largest absolute Gasteiger partial charge is 0.494 e. The van der Waals surface area contributed by atoms with E-state index in [1.165, 1.54) is 24.9 Å². The Balaban J connectivity index is 2.22. The summed E-state index contributed by atoms with van der Waals surface area (Å²) in [6.45, 7) is 5.02. The monoisotopic (exact) mass is 262 g/mol. The number of likely N-dealkylation sites (tertiary alicyclic amines) is 1. The lowest BCUT2D eigenvalue weighted by Gasteiger charge is -2.39. The van der Waals surface area contributed by atoms with Crippen LogP contribution in [0.25, 0.3) is 0 Å². The third kappa shape index (κ3) is 3.48. The van der Waals surface area contributed by atoms with E-state index >= 15 is 0 Å². The van der Waals surface area contributed by atoms with Crippen molar-refractivity contribution in [3.05, 3.63) is 29.8 Å². The van der Waals surface area contributed by atoms with Gasteiger partial charge in [0.2, 0.25) is 0 Å². The van der Waals surface area contributed by atoms with Gasteiger partial charge in [0.1, 0.15) is 5.75 Å². The molecule has 1 heterocycles. The number of ether oxygens (including phenoxy) is 1. The summed E-state index contributed by atoms with van der Waals surface area (Å²) in [6, 6.07) is 9.10. The SMILES string of the molecule is CCOc1cccc(C2C(CNC)CCCN2C)c1. The Bertz CT molecular complexity index is 392. The van der Waals surface area contributed by atoms with Crippen LogP contribution in [0.15, 0.2) is 24.3 Å². The summed E-state index contributed by atoms with van der Waals surface area (Å²) in [6.07, 6.45) is 2.60. The number of nitrogens with zero attached hydrogens (tertiary/aromatic N) is 1. The predicted molar refractivity (Wildman–Crippen MR) is 79.6 cm³/mol. The molecule has 1 aliphatic heterocycles. The Morgan fingerprint density at radius 1 is 1.42 bits per heavy atom. The van der Waals surface area contributed by atoms with Crippen LogP contribution in [-0.4, -0.2) is 38.7 Å². The van der Waals surface area contributed by atoms with Gasteiger partial charge in [0.15, 0.2) is 0 Å². The average Bonchev–Trinajstić information content (AvgIpc) is 2.40. The highest BCUT2D eigenvalue weighted by Crippen LogP contribution is 2.35. The molecule has 0 aromatic heterocycles. The summed E-state index contributed by atoms with van der Waals surface area (Å²) in [7, 11) is 4.28. The second-order valence-electron chi connectivity index (χ2n) is 5.39. The van der Waals surface area contributed by atoms with E-state index in [9.17, 15) is 0 Å². The van der Waals surface area contributed by atoms with E-state index < -0.39 is 0 Å². The Morgan fingerprint density at radius 3 is 3.00 bits per heavy atom. The zero-order valence-corrected chi connectivity index (χ0v) is 12.4. The lowest BCUT2D eigenvalue weighted by atomic mass is 9.85. The van der Waals surface area contributed by atoms with E-state index in [0.717, 1.165) is 18.9 Å². The van der Waals surface area contributed by atoms with Gasteiger partial charge in [-0.1, -0.05) is 12.1 Å². The van der Waals surface area contributed by atoms with Gasteiger partial charge >= 0.3 is 0 Å². The highest BCUT2D eigenvalue weighted by atomic mass is 16.5. The summed E-state index contributed by atoms with van der Waals surface area (Å²) in [5, 5.41) is 3.34. The van der Waals surface area contributed by atoms with Crippen molar-refractivity contribution in [2.75, 3.05) is 33.8 Å². The van der Waals surface area contributed by atoms with Crippen LogP contribution in [0, 0.1) is 5.92 Å². The van der Waals surface area contributed by atoms with Crippen molar-refractivity contribution in [2.24, 2.45) is 5.92 Å². The van der Waals surface area contributed by atoms with Gasteiger partial charge in [0, 0.05) is 6.04 Å². The van der Waals surface area contributed by atoms with Crippen molar-refractivity contribution >= 4 is 0 Å². The molecular formula is C16H26N2O. The van der Waals surface area contributed by atoms with Crippen molar-refractivity contribution in [1.29, 1.82) is 0 Å². The van der Waals surface area contributed by atoms with E-state index in [4.69, 9.17) is 4.74 Å². The lowest BCUT2D eigenvalue weighted by Crippen LogP contribution is -2.39. The molecule has 0 spiro atoms. The smallest absolute Gasteiger partial charge is 0.119 e. The van der Waals surface area contributed by atoms with E-state index in [2.05, 4.69) is 35.5 Å². The Morgan fingerprint density at radius 2 is 2.26 bits per heavy atom. The van der Waals surface area contributed by atoms with Gasteiger partial charge in [-0.3, -0.25) is 4.90 Å². The van der Waals surface area contributed by atoms with Crippen LogP contribution in [0.3, 0.4) is 0 Å². The van der Waals surface area contributed by atoms with Gasteiger partial charge in [-0.15, -0.1) is 0 Å². The molecule has 0 bridgehead atoms. The maximum absolute atomic E-state index is 5.63. The van der Waals surface area contributed by atoms with Gasteiger partial charge in [0.25, 0.3) is 0 Å². The van der Waals surface area contributed by atoms with E-state index in [0.29, 0.717) is 12.0 Å². The molecule has 2 unspecified atom stereocenters. The summed E-state index contributed by atoms with van der Waals surface area (Å²) in [5.74, 6) is 1.67. The van der Waals surface area contributed by atoms with Crippen LogP contribution in [-0.2, 0) is 0 Å². The summed E-state index contributed by atoms with van der Waals surface area (Å²) >= 11 is 0. The molecule has 1 N–H and O–H groups in total. The Labute approximate surface area is 116 Å². The van der Waals surface area contributed by atoms with Gasteiger partial charge in [0.05, 0.1) is 6.61 Å². The molecule has 0 saturated carbocycles. The van der Waals surface area contributed by atoms with Crippen molar-refractivity contribution < 1.29 is 4.74 Å². The molecule has 1 aromatic carbocycles. The number of hydrogen-bond donors (Lipinski definition) is 1. The van der Waals surface area contributed by atoms with Crippen LogP contribution in [0.5, 0.6) is 5.75 Å². The maximum atomic E-state index is 5.63. The zero-order chi connectivity index (χ0) is 13.7. The minimum Gasteiger partial charge on any atom is -0.494 e. The molecule has 1 aromatic rings. The summed E-state index contributed by atoms with van der Waals surface area (Å²) in [4.78, 5) is 2.48. The molecule has 0 aliphatic carbocycles. The van der Waals surface area contributed by atoms with Gasteiger partial charge in [-0.25, -0.2) is 0 Å². The maximum Gasteiger partial charge on any atom is 0.119 e. The molecule has 2 atom stereocenters. The zero-order valence-electron chi connectivity index (χ0n) is 12.4. The van der Waals surface area contributed by atoms with Crippen molar-refractivity contribution in [3.63, 3.8) is 0 Å². The summed E-state index contributed by atoms with van der Waals surface area (Å²) in [5.41, 5.74) is 1.38. The first kappa shape index (κ1) is 14.4. The number of hydrogen-bond acceptors (Lipinski definition) is 3. The van der Waals surface area contributed by atoms with E-state index in [-0.39, 0.29) is 0 Å². The molecule has 106 valence electrons. The normalized spacial score (nSPS) is 24.4. The first-order valence-corrected chi connectivity index (χ1v) is 7.33. The fourth-order valence-electron chi connectivity index (χ4n) is 3.22. The first-order chi connectivity index (χ1) is 9.26. The van der Waals surface area contributed by atoms with Crippen LogP contribution in [0.4, 0.5) is 0 Å². The third-order valence-corrected chi connectivity index (χ3v) is 3.98. The minimum atomic E-state index is 0.501. The fourth-order valence-corrected chi connectivity index (χ4v) is 3.22. The molecule has 1 saturated heterocycles. The third-order valence-electron chi connectivity index (χ3n) is 3.98. The van der Waals surface area contributed by atoms with Crippen molar-refractivity contribution in [3.8, 4) is 5.75 Å². The van der Waals surface area contributed by atoms with Crippen LogP contribution in [0.1, 0.15) is 31.4 Å². The molecule has 0 radical (unpaired) electrons. The van der Waals surface area contributed by atoms with Crippen molar-refractivity contribution in [1.82, 2.24) is 10.2 Å². The van der Waals surface area contributed by atoms with Gasteiger partial charge in [-0.2, -0.15) is 0 Å². The molecule has 19 heavy (non-hydrogen) atoms. The lowest BCUT2D eigenvalue weighted by molar-refractivity contribution is 0.120. The highest BCUT2D eigenvalue weighted by molar-refractivity contribution is 5.31. The topological polar surface area (TPSA) is 24.5 Å². The van der Waals surface area contributed by atoms with E-state index in [1.54, 1.807) is 0 Å². The minimum absolute atomic E-state index is 0.501. The molecular weight excluding hydrogens is 236 g/mol. The molecule has 3 heteroatoms. The van der Waals surface area contributed by atoms with Gasteiger partial charge in [-0.05, 0) is 70.6 Å². The molecule has 2 rings (SSSR count).